The van der Waals surface area contributed by atoms with Crippen molar-refractivity contribution < 1.29 is 9.90 Å². The summed E-state index contributed by atoms with van der Waals surface area (Å²) in [6.45, 7) is 0. The summed E-state index contributed by atoms with van der Waals surface area (Å²) in [5, 5.41) is 13.2. The summed E-state index contributed by atoms with van der Waals surface area (Å²) in [4.78, 5) is 12.8. The number of benzene rings is 2. The molecule has 0 saturated carbocycles. The molecule has 2 N–H and O–H groups in total. The molecule has 0 atom stereocenters. The number of amides is 1. The van der Waals surface area contributed by atoms with Gasteiger partial charge < -0.3 is 10.4 Å². The van der Waals surface area contributed by atoms with Crippen LogP contribution < -0.4 is 5.32 Å². The van der Waals surface area contributed by atoms with Gasteiger partial charge in [-0.05, 0) is 29.7 Å². The van der Waals surface area contributed by atoms with Gasteiger partial charge in [-0.2, -0.15) is 0 Å². The molecule has 0 saturated heterocycles. The van der Waals surface area contributed by atoms with Crippen molar-refractivity contribution in [3.05, 3.63) is 59.5 Å². The molecule has 94 valence electrons. The summed E-state index contributed by atoms with van der Waals surface area (Å²) in [5.41, 5.74) is 0.586. The Hall–Kier alpha value is -2.33. The molecule has 0 unspecified atom stereocenters. The zero-order valence-corrected chi connectivity index (χ0v) is 10.8. The number of hydrogen-bond acceptors (Lipinski definition) is 3. The maximum absolute atomic E-state index is 12.1. The first-order valence-corrected chi connectivity index (χ1v) is 6.63. The molecule has 3 nitrogen and oxygen atoms in total. The van der Waals surface area contributed by atoms with E-state index in [1.807, 2.05) is 30.3 Å². The van der Waals surface area contributed by atoms with Gasteiger partial charge in [0.1, 0.15) is 5.75 Å². The average Bonchev–Trinajstić information content (AvgIpc) is 2.82. The molecule has 0 bridgehead atoms. The summed E-state index contributed by atoms with van der Waals surface area (Å²) in [5.74, 6) is -0.0269. The topological polar surface area (TPSA) is 49.3 Å². The minimum atomic E-state index is -0.160. The molecule has 3 aromatic rings. The highest BCUT2D eigenvalue weighted by Crippen LogP contribution is 2.26. The zero-order chi connectivity index (χ0) is 13.2. The van der Waals surface area contributed by atoms with Gasteiger partial charge in [0.2, 0.25) is 0 Å². The van der Waals surface area contributed by atoms with E-state index in [-0.39, 0.29) is 11.7 Å². The third-order valence-electron chi connectivity index (χ3n) is 2.75. The lowest BCUT2D eigenvalue weighted by Gasteiger charge is -2.03. The highest BCUT2D eigenvalue weighted by atomic mass is 32.1. The Balaban J connectivity index is 1.87. The fourth-order valence-corrected chi connectivity index (χ4v) is 2.83. The lowest BCUT2D eigenvalue weighted by molar-refractivity contribution is 0.103. The normalized spacial score (nSPS) is 10.5. The fourth-order valence-electron chi connectivity index (χ4n) is 1.87. The molecule has 0 aliphatic rings. The zero-order valence-electron chi connectivity index (χ0n) is 9.96. The van der Waals surface area contributed by atoms with Crippen LogP contribution >= 0.6 is 11.3 Å². The highest BCUT2D eigenvalue weighted by molar-refractivity contribution is 7.20. The first kappa shape index (κ1) is 11.7. The Morgan fingerprint density at radius 3 is 2.68 bits per heavy atom. The van der Waals surface area contributed by atoms with Crippen LogP contribution in [-0.4, -0.2) is 11.0 Å². The Kier molecular flexibility index (Phi) is 2.93. The number of hydrogen-bond donors (Lipinski definition) is 2. The molecule has 4 heteroatoms. The second-order valence-corrected chi connectivity index (χ2v) is 5.24. The number of rotatable bonds is 2. The molecule has 0 aliphatic heterocycles. The summed E-state index contributed by atoms with van der Waals surface area (Å²) in [7, 11) is 0. The van der Waals surface area contributed by atoms with Crippen molar-refractivity contribution in [1.82, 2.24) is 0 Å². The lowest BCUT2D eigenvalue weighted by Crippen LogP contribution is -2.09. The molecule has 0 radical (unpaired) electrons. The maximum Gasteiger partial charge on any atom is 0.265 e. The minimum Gasteiger partial charge on any atom is -0.508 e. The number of phenols is 1. The van der Waals surface area contributed by atoms with Crippen LogP contribution in [0.3, 0.4) is 0 Å². The largest absolute Gasteiger partial charge is 0.508 e. The fraction of sp³-hybridized carbons (Fsp3) is 0. The van der Waals surface area contributed by atoms with E-state index in [0.29, 0.717) is 10.6 Å². The molecular weight excluding hydrogens is 258 g/mol. The van der Waals surface area contributed by atoms with Crippen LogP contribution in [0.1, 0.15) is 9.67 Å². The monoisotopic (exact) mass is 269 g/mol. The van der Waals surface area contributed by atoms with Gasteiger partial charge in [-0.15, -0.1) is 11.3 Å². The van der Waals surface area contributed by atoms with Crippen LogP contribution in [0, 0.1) is 0 Å². The molecule has 1 aromatic heterocycles. The first-order chi connectivity index (χ1) is 9.22. The number of nitrogens with one attached hydrogen (secondary N) is 1. The van der Waals surface area contributed by atoms with Gasteiger partial charge in [0, 0.05) is 16.5 Å². The second kappa shape index (κ2) is 4.74. The van der Waals surface area contributed by atoms with Crippen LogP contribution in [0.2, 0.25) is 0 Å². The smallest absolute Gasteiger partial charge is 0.265 e. The van der Waals surface area contributed by atoms with Crippen LogP contribution in [0.4, 0.5) is 5.69 Å². The molecule has 2 aromatic carbocycles. The second-order valence-electron chi connectivity index (χ2n) is 4.15. The number of phenolic OH excluding ortho intramolecular Hbond substituents is 1. The maximum atomic E-state index is 12.1. The molecule has 1 amide bonds. The summed E-state index contributed by atoms with van der Waals surface area (Å²) >= 11 is 1.45. The number of carbonyl (C=O) groups is 1. The Morgan fingerprint density at radius 2 is 1.89 bits per heavy atom. The molecule has 0 aliphatic carbocycles. The molecular formula is C15H11NO2S. The summed E-state index contributed by atoms with van der Waals surface area (Å²) in [6, 6.07) is 16.3. The lowest BCUT2D eigenvalue weighted by atomic mass is 10.2. The van der Waals surface area contributed by atoms with Gasteiger partial charge in [0.15, 0.2) is 0 Å². The highest BCUT2D eigenvalue weighted by Gasteiger charge is 2.10. The Labute approximate surface area is 114 Å². The summed E-state index contributed by atoms with van der Waals surface area (Å²) < 4.78 is 1.09. The van der Waals surface area contributed by atoms with E-state index < -0.39 is 0 Å². The Bertz CT molecular complexity index is 715. The molecule has 1 heterocycles. The van der Waals surface area contributed by atoms with E-state index in [4.69, 9.17) is 0 Å². The van der Waals surface area contributed by atoms with Crippen molar-refractivity contribution in [2.75, 3.05) is 5.32 Å². The standard InChI is InChI=1S/C15H11NO2S/c17-12-6-3-5-11(9-12)16-15(18)14-8-10-4-1-2-7-13(10)19-14/h1-9,17H,(H,16,18). The van der Waals surface area contributed by atoms with Crippen molar-refractivity contribution in [3.63, 3.8) is 0 Å². The molecule has 3 rings (SSSR count). The number of thiophene rings is 1. The number of carbonyl (C=O) groups excluding carboxylic acids is 1. The van der Waals surface area contributed by atoms with Crippen molar-refractivity contribution in [2.45, 2.75) is 0 Å². The molecule has 0 fully saturated rings. The van der Waals surface area contributed by atoms with Crippen molar-refractivity contribution >= 4 is 33.0 Å². The summed E-state index contributed by atoms with van der Waals surface area (Å²) in [6.07, 6.45) is 0. The van der Waals surface area contributed by atoms with Crippen LogP contribution in [-0.2, 0) is 0 Å². The number of aromatic hydroxyl groups is 1. The van der Waals surface area contributed by atoms with E-state index in [0.717, 1.165) is 10.1 Å². The Morgan fingerprint density at radius 1 is 1.05 bits per heavy atom. The third-order valence-corrected chi connectivity index (χ3v) is 3.87. The first-order valence-electron chi connectivity index (χ1n) is 5.81. The van der Waals surface area contributed by atoms with E-state index >= 15 is 0 Å². The minimum absolute atomic E-state index is 0.133. The average molecular weight is 269 g/mol. The van der Waals surface area contributed by atoms with Gasteiger partial charge in [-0.25, -0.2) is 0 Å². The van der Waals surface area contributed by atoms with E-state index in [9.17, 15) is 9.90 Å². The quantitative estimate of drug-likeness (QED) is 0.742. The van der Waals surface area contributed by atoms with Crippen molar-refractivity contribution in [2.24, 2.45) is 0 Å². The van der Waals surface area contributed by atoms with E-state index in [1.165, 1.54) is 17.4 Å². The molecule has 0 spiro atoms. The SMILES string of the molecule is O=C(Nc1cccc(O)c1)c1cc2ccccc2s1. The van der Waals surface area contributed by atoms with Gasteiger partial charge in [-0.1, -0.05) is 24.3 Å². The van der Waals surface area contributed by atoms with Crippen molar-refractivity contribution in [1.29, 1.82) is 0 Å². The van der Waals surface area contributed by atoms with Crippen LogP contribution in [0.25, 0.3) is 10.1 Å². The molecule has 19 heavy (non-hydrogen) atoms. The predicted octanol–water partition coefficient (Wildman–Crippen LogP) is 3.86. The van der Waals surface area contributed by atoms with Crippen LogP contribution in [0.15, 0.2) is 54.6 Å². The van der Waals surface area contributed by atoms with Gasteiger partial charge >= 0.3 is 0 Å². The van der Waals surface area contributed by atoms with Gasteiger partial charge in [0.05, 0.1) is 4.88 Å². The van der Waals surface area contributed by atoms with Gasteiger partial charge in [0.25, 0.3) is 5.91 Å². The third kappa shape index (κ3) is 2.44. The van der Waals surface area contributed by atoms with Crippen LogP contribution in [0.5, 0.6) is 5.75 Å². The van der Waals surface area contributed by atoms with Gasteiger partial charge in [-0.3, -0.25) is 4.79 Å². The van der Waals surface area contributed by atoms with E-state index in [2.05, 4.69) is 5.32 Å². The van der Waals surface area contributed by atoms with Crippen molar-refractivity contribution in [3.8, 4) is 5.75 Å². The van der Waals surface area contributed by atoms with E-state index in [1.54, 1.807) is 18.2 Å². The number of fused-ring (bicyclic) bond motifs is 1. The number of anilines is 1. The predicted molar refractivity (Wildman–Crippen MR) is 77.9 cm³/mol.